The molecule has 1 rings (SSSR count). The molecule has 0 aromatic carbocycles. The number of rotatable bonds is 1. The van der Waals surface area contributed by atoms with Gasteiger partial charge in [0.15, 0.2) is 6.23 Å². The van der Waals surface area contributed by atoms with Crippen LogP contribution in [0.2, 0.25) is 0 Å². The van der Waals surface area contributed by atoms with Gasteiger partial charge in [-0.2, -0.15) is 0 Å². The normalized spacial score (nSPS) is 22.5. The van der Waals surface area contributed by atoms with E-state index < -0.39 is 18.3 Å². The van der Waals surface area contributed by atoms with Crippen LogP contribution in [0, 0.1) is 0 Å². The van der Waals surface area contributed by atoms with Crippen molar-refractivity contribution in [1.29, 1.82) is 0 Å². The van der Waals surface area contributed by atoms with E-state index in [-0.39, 0.29) is 6.54 Å². The van der Waals surface area contributed by atoms with Gasteiger partial charge in [-0.3, -0.25) is 10.1 Å². The Bertz CT molecular complexity index is 219. The SMILES string of the molecule is CC(=O)OC1CN(C(=O)O)CCN1. The zero-order valence-corrected chi connectivity index (χ0v) is 7.32. The van der Waals surface area contributed by atoms with Gasteiger partial charge in [0.05, 0.1) is 6.54 Å². The fourth-order valence-electron chi connectivity index (χ4n) is 1.17. The molecule has 0 saturated carbocycles. The van der Waals surface area contributed by atoms with Gasteiger partial charge in [0.2, 0.25) is 0 Å². The third-order valence-corrected chi connectivity index (χ3v) is 1.72. The summed E-state index contributed by atoms with van der Waals surface area (Å²) in [6, 6.07) is 0. The molecule has 13 heavy (non-hydrogen) atoms. The first-order chi connectivity index (χ1) is 6.09. The van der Waals surface area contributed by atoms with E-state index in [1.54, 1.807) is 0 Å². The largest absolute Gasteiger partial charge is 0.465 e. The summed E-state index contributed by atoms with van der Waals surface area (Å²) in [4.78, 5) is 22.3. The number of piperazine rings is 1. The molecule has 1 heterocycles. The molecule has 1 aliphatic rings. The van der Waals surface area contributed by atoms with Crippen molar-refractivity contribution < 1.29 is 19.4 Å². The smallest absolute Gasteiger partial charge is 0.407 e. The maximum atomic E-state index is 10.6. The number of ether oxygens (including phenoxy) is 1. The van der Waals surface area contributed by atoms with E-state index in [4.69, 9.17) is 9.84 Å². The van der Waals surface area contributed by atoms with Crippen molar-refractivity contribution in [2.45, 2.75) is 13.2 Å². The molecule has 0 aromatic rings. The van der Waals surface area contributed by atoms with Gasteiger partial charge in [0.1, 0.15) is 0 Å². The van der Waals surface area contributed by atoms with Crippen LogP contribution < -0.4 is 5.32 Å². The maximum absolute atomic E-state index is 10.6. The summed E-state index contributed by atoms with van der Waals surface area (Å²) in [5, 5.41) is 11.5. The van der Waals surface area contributed by atoms with Gasteiger partial charge < -0.3 is 14.7 Å². The van der Waals surface area contributed by atoms with Gasteiger partial charge in [-0.05, 0) is 0 Å². The minimum absolute atomic E-state index is 0.189. The summed E-state index contributed by atoms with van der Waals surface area (Å²) in [7, 11) is 0. The molecule has 0 aromatic heterocycles. The summed E-state index contributed by atoms with van der Waals surface area (Å²) >= 11 is 0. The molecule has 1 atom stereocenters. The zero-order chi connectivity index (χ0) is 9.84. The molecule has 0 bridgehead atoms. The average Bonchev–Trinajstić information content (AvgIpc) is 2.03. The summed E-state index contributed by atoms with van der Waals surface area (Å²) in [5.74, 6) is -0.412. The first-order valence-corrected chi connectivity index (χ1v) is 3.98. The van der Waals surface area contributed by atoms with Crippen LogP contribution in [0.4, 0.5) is 4.79 Å². The Balaban J connectivity index is 2.41. The van der Waals surface area contributed by atoms with Gasteiger partial charge in [-0.25, -0.2) is 4.79 Å². The Kier molecular flexibility index (Phi) is 3.07. The van der Waals surface area contributed by atoms with Crippen LogP contribution in [0.3, 0.4) is 0 Å². The number of carbonyl (C=O) groups is 2. The lowest BCUT2D eigenvalue weighted by atomic mass is 10.3. The van der Waals surface area contributed by atoms with Gasteiger partial charge in [0, 0.05) is 20.0 Å². The Morgan fingerprint density at radius 2 is 2.31 bits per heavy atom. The number of hydrogen-bond donors (Lipinski definition) is 2. The Labute approximate surface area is 75.5 Å². The third kappa shape index (κ3) is 2.90. The summed E-state index contributed by atoms with van der Waals surface area (Å²) in [6.07, 6.45) is -1.50. The van der Waals surface area contributed by atoms with E-state index >= 15 is 0 Å². The number of nitrogens with zero attached hydrogens (tertiary/aromatic N) is 1. The van der Waals surface area contributed by atoms with Crippen LogP contribution in [0.1, 0.15) is 6.92 Å². The molecule has 0 spiro atoms. The van der Waals surface area contributed by atoms with E-state index in [0.717, 1.165) is 0 Å². The van der Waals surface area contributed by atoms with Crippen LogP contribution in [-0.4, -0.2) is 47.9 Å². The Hall–Kier alpha value is -1.30. The first kappa shape index (κ1) is 9.79. The highest BCUT2D eigenvalue weighted by Crippen LogP contribution is 2.00. The lowest BCUT2D eigenvalue weighted by Crippen LogP contribution is -2.53. The monoisotopic (exact) mass is 188 g/mol. The maximum Gasteiger partial charge on any atom is 0.407 e. The summed E-state index contributed by atoms with van der Waals surface area (Å²) in [6.45, 7) is 2.41. The molecule has 1 fully saturated rings. The highest BCUT2D eigenvalue weighted by atomic mass is 16.6. The number of esters is 1. The molecule has 1 saturated heterocycles. The molecule has 6 nitrogen and oxygen atoms in total. The number of amides is 1. The molecule has 1 aliphatic heterocycles. The number of hydrogen-bond acceptors (Lipinski definition) is 4. The van der Waals surface area contributed by atoms with E-state index in [1.807, 2.05) is 0 Å². The second-order valence-corrected chi connectivity index (χ2v) is 2.78. The molecule has 2 N–H and O–H groups in total. The molecule has 74 valence electrons. The average molecular weight is 188 g/mol. The molecule has 0 aliphatic carbocycles. The molecule has 1 amide bonds. The molecule has 6 heteroatoms. The number of carbonyl (C=O) groups excluding carboxylic acids is 1. The topological polar surface area (TPSA) is 78.9 Å². The van der Waals surface area contributed by atoms with E-state index in [9.17, 15) is 9.59 Å². The van der Waals surface area contributed by atoms with Gasteiger partial charge in [0.25, 0.3) is 0 Å². The molecular weight excluding hydrogens is 176 g/mol. The predicted molar refractivity (Wildman–Crippen MR) is 43.2 cm³/mol. The van der Waals surface area contributed by atoms with Gasteiger partial charge >= 0.3 is 12.1 Å². The highest BCUT2D eigenvalue weighted by Gasteiger charge is 2.24. The summed E-state index contributed by atoms with van der Waals surface area (Å²) in [5.41, 5.74) is 0. The molecular formula is C7H12N2O4. The minimum Gasteiger partial charge on any atom is -0.465 e. The van der Waals surface area contributed by atoms with Crippen LogP contribution in [0.5, 0.6) is 0 Å². The van der Waals surface area contributed by atoms with Crippen LogP contribution in [0.25, 0.3) is 0 Å². The van der Waals surface area contributed by atoms with Crippen molar-refractivity contribution in [2.75, 3.05) is 19.6 Å². The fraction of sp³-hybridized carbons (Fsp3) is 0.714. The lowest BCUT2D eigenvalue weighted by Gasteiger charge is -2.30. The van der Waals surface area contributed by atoms with Crippen molar-refractivity contribution in [3.63, 3.8) is 0 Å². The molecule has 1 unspecified atom stereocenters. The minimum atomic E-state index is -0.987. The van der Waals surface area contributed by atoms with Crippen molar-refractivity contribution in [1.82, 2.24) is 10.2 Å². The zero-order valence-electron chi connectivity index (χ0n) is 7.32. The Morgan fingerprint density at radius 3 is 2.85 bits per heavy atom. The van der Waals surface area contributed by atoms with Crippen molar-refractivity contribution in [3.05, 3.63) is 0 Å². The summed E-state index contributed by atoms with van der Waals surface area (Å²) < 4.78 is 4.82. The van der Waals surface area contributed by atoms with Gasteiger partial charge in [-0.15, -0.1) is 0 Å². The predicted octanol–water partition coefficient (Wildman–Crippen LogP) is -0.541. The standard InChI is InChI=1S/C7H12N2O4/c1-5(10)13-6-4-9(7(11)12)3-2-8-6/h6,8H,2-4H2,1H3,(H,11,12). The number of nitrogens with one attached hydrogen (secondary N) is 1. The van der Waals surface area contributed by atoms with Gasteiger partial charge in [-0.1, -0.05) is 0 Å². The van der Waals surface area contributed by atoms with Crippen LogP contribution >= 0.6 is 0 Å². The number of carboxylic acid groups (broad SMARTS) is 1. The van der Waals surface area contributed by atoms with E-state index in [1.165, 1.54) is 11.8 Å². The van der Waals surface area contributed by atoms with E-state index in [0.29, 0.717) is 13.1 Å². The Morgan fingerprint density at radius 1 is 1.62 bits per heavy atom. The van der Waals surface area contributed by atoms with Crippen LogP contribution in [-0.2, 0) is 9.53 Å². The van der Waals surface area contributed by atoms with Crippen molar-refractivity contribution in [2.24, 2.45) is 0 Å². The first-order valence-electron chi connectivity index (χ1n) is 3.98. The quantitative estimate of drug-likeness (QED) is 0.540. The van der Waals surface area contributed by atoms with Crippen molar-refractivity contribution in [3.8, 4) is 0 Å². The second kappa shape index (κ2) is 4.08. The third-order valence-electron chi connectivity index (χ3n) is 1.72. The van der Waals surface area contributed by atoms with Crippen LogP contribution in [0.15, 0.2) is 0 Å². The lowest BCUT2D eigenvalue weighted by molar-refractivity contribution is -0.149. The second-order valence-electron chi connectivity index (χ2n) is 2.78. The van der Waals surface area contributed by atoms with E-state index in [2.05, 4.69) is 5.32 Å². The molecule has 0 radical (unpaired) electrons. The fourth-order valence-corrected chi connectivity index (χ4v) is 1.17. The van der Waals surface area contributed by atoms with Crippen molar-refractivity contribution >= 4 is 12.1 Å². The highest BCUT2D eigenvalue weighted by molar-refractivity contribution is 5.67.